The Morgan fingerprint density at radius 2 is 2.11 bits per heavy atom. The third-order valence-corrected chi connectivity index (χ3v) is 3.46. The number of nitriles is 1. The van der Waals surface area contributed by atoms with Crippen LogP contribution in [0.1, 0.15) is 32.3 Å². The molecule has 1 aromatic heterocycles. The molecule has 1 heterocycles. The van der Waals surface area contributed by atoms with Crippen molar-refractivity contribution in [2.45, 2.75) is 32.3 Å². The summed E-state index contributed by atoms with van der Waals surface area (Å²) in [4.78, 5) is 12.0. The van der Waals surface area contributed by atoms with Crippen LogP contribution in [0, 0.1) is 11.3 Å². The first kappa shape index (κ1) is 13.6. The molecule has 0 bridgehead atoms. The second-order valence-corrected chi connectivity index (χ2v) is 6.26. The Morgan fingerprint density at radius 3 is 2.74 bits per heavy atom. The summed E-state index contributed by atoms with van der Waals surface area (Å²) in [6, 6.07) is 9.67. The fraction of sp³-hybridized carbons (Fsp3) is 0.333. The zero-order valence-corrected chi connectivity index (χ0v) is 12.0. The molecule has 0 saturated heterocycles. The molecule has 0 aliphatic heterocycles. The second-order valence-electron chi connectivity index (χ2n) is 5.31. The molecule has 0 spiro atoms. The van der Waals surface area contributed by atoms with Crippen LogP contribution in [0.4, 0.5) is 0 Å². The second kappa shape index (κ2) is 5.02. The van der Waals surface area contributed by atoms with Crippen LogP contribution in [-0.4, -0.2) is 11.6 Å². The van der Waals surface area contributed by atoms with Crippen LogP contribution in [0.3, 0.4) is 0 Å². The molecule has 2 rings (SSSR count). The van der Waals surface area contributed by atoms with E-state index in [1.165, 1.54) is 0 Å². The molecule has 1 atom stereocenters. The van der Waals surface area contributed by atoms with E-state index in [0.717, 1.165) is 10.1 Å². The predicted molar refractivity (Wildman–Crippen MR) is 76.0 cm³/mol. The fourth-order valence-electron chi connectivity index (χ4n) is 1.77. The van der Waals surface area contributed by atoms with E-state index in [-0.39, 0.29) is 0 Å². The molecule has 0 N–H and O–H groups in total. The van der Waals surface area contributed by atoms with Crippen molar-refractivity contribution in [3.05, 3.63) is 35.2 Å². The summed E-state index contributed by atoms with van der Waals surface area (Å²) >= 11 is 1.59. The average Bonchev–Trinajstić information content (AvgIpc) is 2.74. The highest BCUT2D eigenvalue weighted by Gasteiger charge is 2.26. The summed E-state index contributed by atoms with van der Waals surface area (Å²) in [6.45, 7) is 5.38. The highest BCUT2D eigenvalue weighted by molar-refractivity contribution is 7.17. The number of carbonyl (C=O) groups excluding carboxylic acids is 1. The van der Waals surface area contributed by atoms with E-state index in [2.05, 4.69) is 0 Å². The van der Waals surface area contributed by atoms with Crippen molar-refractivity contribution < 1.29 is 9.53 Å². The zero-order valence-electron chi connectivity index (χ0n) is 11.1. The van der Waals surface area contributed by atoms with Crippen molar-refractivity contribution in [1.82, 2.24) is 0 Å². The van der Waals surface area contributed by atoms with Gasteiger partial charge in [0.2, 0.25) is 0 Å². The van der Waals surface area contributed by atoms with E-state index < -0.39 is 17.5 Å². The van der Waals surface area contributed by atoms with Gasteiger partial charge in [-0.25, -0.2) is 0 Å². The smallest absolute Gasteiger partial charge is 0.328 e. The van der Waals surface area contributed by atoms with Crippen molar-refractivity contribution in [3.63, 3.8) is 0 Å². The van der Waals surface area contributed by atoms with Crippen molar-refractivity contribution in [1.29, 1.82) is 5.26 Å². The number of benzene rings is 1. The van der Waals surface area contributed by atoms with Crippen molar-refractivity contribution >= 4 is 27.4 Å². The molecule has 0 aliphatic rings. The molecular weight excluding hydrogens is 258 g/mol. The quantitative estimate of drug-likeness (QED) is 0.781. The van der Waals surface area contributed by atoms with E-state index in [9.17, 15) is 10.1 Å². The van der Waals surface area contributed by atoms with Crippen LogP contribution in [0.5, 0.6) is 0 Å². The predicted octanol–water partition coefficient (Wildman–Crippen LogP) is 3.85. The Labute approximate surface area is 116 Å². The minimum atomic E-state index is -0.870. The number of hydrogen-bond acceptors (Lipinski definition) is 4. The molecule has 0 saturated carbocycles. The van der Waals surface area contributed by atoms with Crippen molar-refractivity contribution in [2.75, 3.05) is 0 Å². The maximum absolute atomic E-state index is 12.0. The van der Waals surface area contributed by atoms with E-state index in [0.29, 0.717) is 5.56 Å². The lowest BCUT2D eigenvalue weighted by molar-refractivity contribution is -0.155. The highest BCUT2D eigenvalue weighted by Crippen LogP contribution is 2.27. The van der Waals surface area contributed by atoms with Gasteiger partial charge >= 0.3 is 5.97 Å². The Balaban J connectivity index is 2.31. The number of hydrogen-bond donors (Lipinski definition) is 0. The van der Waals surface area contributed by atoms with Gasteiger partial charge in [0.05, 0.1) is 6.07 Å². The summed E-state index contributed by atoms with van der Waals surface area (Å²) in [5.74, 6) is -1.36. The zero-order chi connectivity index (χ0) is 14.0. The summed E-state index contributed by atoms with van der Waals surface area (Å²) < 4.78 is 6.35. The first-order valence-electron chi connectivity index (χ1n) is 6.00. The Morgan fingerprint density at radius 1 is 1.37 bits per heavy atom. The van der Waals surface area contributed by atoms with Gasteiger partial charge in [0.15, 0.2) is 5.92 Å². The van der Waals surface area contributed by atoms with E-state index in [1.807, 2.05) is 35.7 Å². The number of rotatable bonds is 2. The van der Waals surface area contributed by atoms with Crippen molar-refractivity contribution in [3.8, 4) is 6.07 Å². The van der Waals surface area contributed by atoms with Crippen molar-refractivity contribution in [2.24, 2.45) is 0 Å². The van der Waals surface area contributed by atoms with Gasteiger partial charge in [-0.1, -0.05) is 12.1 Å². The lowest BCUT2D eigenvalue weighted by Gasteiger charge is -2.21. The molecule has 1 unspecified atom stereocenters. The molecule has 19 heavy (non-hydrogen) atoms. The molecule has 0 amide bonds. The first-order valence-corrected chi connectivity index (χ1v) is 6.88. The lowest BCUT2D eigenvalue weighted by Crippen LogP contribution is -2.27. The number of nitrogens with zero attached hydrogens (tertiary/aromatic N) is 1. The molecular formula is C15H15NO2S. The van der Waals surface area contributed by atoms with E-state index in [1.54, 1.807) is 32.1 Å². The normalized spacial score (nSPS) is 12.9. The van der Waals surface area contributed by atoms with Crippen LogP contribution in [-0.2, 0) is 9.53 Å². The van der Waals surface area contributed by atoms with E-state index in [4.69, 9.17) is 4.74 Å². The van der Waals surface area contributed by atoms with Gasteiger partial charge in [0, 0.05) is 4.70 Å². The van der Waals surface area contributed by atoms with Gasteiger partial charge in [0.25, 0.3) is 0 Å². The number of fused-ring (bicyclic) bond motifs is 1. The third-order valence-electron chi connectivity index (χ3n) is 2.59. The molecule has 3 nitrogen and oxygen atoms in total. The van der Waals surface area contributed by atoms with Crippen LogP contribution < -0.4 is 0 Å². The van der Waals surface area contributed by atoms with Gasteiger partial charge in [0.1, 0.15) is 5.60 Å². The number of thiophene rings is 1. The molecule has 2 aromatic rings. The Bertz CT molecular complexity index is 646. The topological polar surface area (TPSA) is 50.1 Å². The summed E-state index contributed by atoms with van der Waals surface area (Å²) in [5.41, 5.74) is 0.103. The van der Waals surface area contributed by atoms with Crippen LogP contribution in [0.15, 0.2) is 29.6 Å². The number of carbonyl (C=O) groups is 1. The third kappa shape index (κ3) is 3.12. The number of esters is 1. The van der Waals surface area contributed by atoms with Gasteiger partial charge < -0.3 is 4.74 Å². The maximum atomic E-state index is 12.0. The van der Waals surface area contributed by atoms with Crippen LogP contribution in [0.2, 0.25) is 0 Å². The SMILES string of the molecule is CC(C)(C)OC(=O)C(C#N)c1ccc2ccsc2c1. The first-order chi connectivity index (χ1) is 8.90. The molecule has 0 radical (unpaired) electrons. The minimum absolute atomic E-state index is 0.495. The number of ether oxygens (including phenoxy) is 1. The highest BCUT2D eigenvalue weighted by atomic mass is 32.1. The largest absolute Gasteiger partial charge is 0.459 e. The molecule has 0 fully saturated rings. The summed E-state index contributed by atoms with van der Waals surface area (Å²) in [5, 5.41) is 12.3. The average molecular weight is 273 g/mol. The molecule has 4 heteroatoms. The summed E-state index contributed by atoms with van der Waals surface area (Å²) in [7, 11) is 0. The van der Waals surface area contributed by atoms with Gasteiger partial charge in [-0.05, 0) is 49.2 Å². The van der Waals surface area contributed by atoms with Crippen LogP contribution >= 0.6 is 11.3 Å². The maximum Gasteiger partial charge on any atom is 0.328 e. The fourth-order valence-corrected chi connectivity index (χ4v) is 2.61. The monoisotopic (exact) mass is 273 g/mol. The van der Waals surface area contributed by atoms with Crippen LogP contribution in [0.25, 0.3) is 10.1 Å². The summed E-state index contributed by atoms with van der Waals surface area (Å²) in [6.07, 6.45) is 0. The molecule has 1 aromatic carbocycles. The van der Waals surface area contributed by atoms with Gasteiger partial charge in [-0.15, -0.1) is 11.3 Å². The Hall–Kier alpha value is -1.86. The minimum Gasteiger partial charge on any atom is -0.459 e. The van der Waals surface area contributed by atoms with E-state index >= 15 is 0 Å². The van der Waals surface area contributed by atoms with Gasteiger partial charge in [-0.3, -0.25) is 4.79 Å². The standard InChI is InChI=1S/C15H15NO2S/c1-15(2,3)18-14(17)12(9-16)11-5-4-10-6-7-19-13(10)8-11/h4-8,12H,1-3H3. The lowest BCUT2D eigenvalue weighted by atomic mass is 10.00. The van der Waals surface area contributed by atoms with Gasteiger partial charge in [-0.2, -0.15) is 5.26 Å². The molecule has 98 valence electrons. The molecule has 0 aliphatic carbocycles. The Kier molecular flexibility index (Phi) is 3.59.